The van der Waals surface area contributed by atoms with Crippen LogP contribution in [-0.4, -0.2) is 72.2 Å². The van der Waals surface area contributed by atoms with E-state index in [9.17, 15) is 9.59 Å². The van der Waals surface area contributed by atoms with Gasteiger partial charge in [0.05, 0.1) is 19.6 Å². The molecule has 3 aromatic carbocycles. The van der Waals surface area contributed by atoms with E-state index in [0.29, 0.717) is 13.1 Å². The van der Waals surface area contributed by atoms with Gasteiger partial charge >= 0.3 is 0 Å². The first-order valence-electron chi connectivity index (χ1n) is 13.8. The van der Waals surface area contributed by atoms with Crippen molar-refractivity contribution in [1.82, 2.24) is 10.2 Å². The van der Waals surface area contributed by atoms with Crippen LogP contribution in [0.2, 0.25) is 0 Å². The van der Waals surface area contributed by atoms with E-state index in [0.717, 1.165) is 35.5 Å². The van der Waals surface area contributed by atoms with E-state index < -0.39 is 0 Å². The van der Waals surface area contributed by atoms with E-state index in [1.54, 1.807) is 17.1 Å². The summed E-state index contributed by atoms with van der Waals surface area (Å²) in [5.41, 5.74) is 3.23. The fourth-order valence-electron chi connectivity index (χ4n) is 4.86. The molecule has 8 nitrogen and oxygen atoms in total. The zero-order valence-electron chi connectivity index (χ0n) is 22.7. The Morgan fingerprint density at radius 1 is 1.02 bits per heavy atom. The third-order valence-corrected chi connectivity index (χ3v) is 6.95. The van der Waals surface area contributed by atoms with Crippen LogP contribution in [0.4, 0.5) is 0 Å². The molecule has 0 spiro atoms. The second-order valence-electron chi connectivity index (χ2n) is 10.1. The summed E-state index contributed by atoms with van der Waals surface area (Å²) in [6, 6.07) is 25.4. The maximum atomic E-state index is 13.0. The highest BCUT2D eigenvalue weighted by molar-refractivity contribution is 5.93. The minimum Gasteiger partial charge on any atom is -0.492 e. The lowest BCUT2D eigenvalue weighted by atomic mass is 10.1. The number of para-hydroxylation sites is 1. The summed E-state index contributed by atoms with van der Waals surface area (Å²) in [6.45, 7) is 3.68. The van der Waals surface area contributed by atoms with Crippen molar-refractivity contribution in [3.63, 3.8) is 0 Å². The van der Waals surface area contributed by atoms with Gasteiger partial charge in [-0.15, -0.1) is 0 Å². The van der Waals surface area contributed by atoms with Crippen LogP contribution in [0.25, 0.3) is 11.1 Å². The number of rotatable bonds is 10. The summed E-state index contributed by atoms with van der Waals surface area (Å²) < 4.78 is 13.6. The average molecular weight is 540 g/mol. The molecule has 40 heavy (non-hydrogen) atoms. The number of hydrogen-bond donors (Lipinski definition) is 1. The van der Waals surface area contributed by atoms with Crippen molar-refractivity contribution in [2.24, 2.45) is 5.10 Å². The molecule has 0 bridgehead atoms. The first kappa shape index (κ1) is 27.1. The number of ether oxygens (including phenoxy) is 2. The van der Waals surface area contributed by atoms with Crippen LogP contribution in [0.3, 0.4) is 0 Å². The molecule has 5 rings (SSSR count). The third-order valence-electron chi connectivity index (χ3n) is 6.95. The Hall–Kier alpha value is -4.46. The van der Waals surface area contributed by atoms with Gasteiger partial charge in [-0.3, -0.25) is 9.59 Å². The number of carbonyl (C=O) groups is 2. The van der Waals surface area contributed by atoms with Crippen LogP contribution >= 0.6 is 0 Å². The molecule has 2 atom stereocenters. The number of amides is 2. The molecule has 2 aliphatic heterocycles. The highest BCUT2D eigenvalue weighted by Crippen LogP contribution is 2.29. The maximum absolute atomic E-state index is 13.0. The zero-order chi connectivity index (χ0) is 27.7. The maximum Gasteiger partial charge on any atom is 0.291 e. The number of hydrazone groups is 1. The van der Waals surface area contributed by atoms with Gasteiger partial charge in [-0.1, -0.05) is 70.9 Å². The number of benzene rings is 3. The Labute approximate surface area is 234 Å². The molecule has 3 aromatic rings. The number of piperidine rings is 1. The fraction of sp³-hybridized carbons (Fsp3) is 0.312. The summed E-state index contributed by atoms with van der Waals surface area (Å²) in [5, 5.41) is 7.22. The van der Waals surface area contributed by atoms with E-state index in [1.165, 1.54) is 5.56 Å². The van der Waals surface area contributed by atoms with E-state index in [4.69, 9.17) is 9.47 Å². The molecule has 0 radical (unpaired) electrons. The Morgan fingerprint density at radius 3 is 2.62 bits per heavy atom. The lowest BCUT2D eigenvalue weighted by Gasteiger charge is -2.32. The third kappa shape index (κ3) is 7.34. The molecular weight excluding hydrogens is 504 g/mol. The minimum absolute atomic E-state index is 0.0111. The Morgan fingerprint density at radius 2 is 1.80 bits per heavy atom. The van der Waals surface area contributed by atoms with E-state index in [-0.39, 0.29) is 43.5 Å². The number of aryl methyl sites for hydroxylation is 1. The van der Waals surface area contributed by atoms with Crippen LogP contribution in [0.1, 0.15) is 24.8 Å². The number of likely N-dealkylation sites (tertiary alicyclic amines) is 1. The highest BCUT2D eigenvalue weighted by Gasteiger charge is 2.29. The van der Waals surface area contributed by atoms with Gasteiger partial charge in [0.15, 0.2) is 6.04 Å². The lowest BCUT2D eigenvalue weighted by molar-refractivity contribution is -0.515. The van der Waals surface area contributed by atoms with Crippen molar-refractivity contribution in [1.29, 1.82) is 0 Å². The monoisotopic (exact) mass is 539 g/mol. The molecule has 8 heteroatoms. The second kappa shape index (κ2) is 13.1. The number of nitrogens with zero attached hydrogens (tertiary/aromatic N) is 3. The zero-order valence-corrected chi connectivity index (χ0v) is 22.7. The molecule has 206 valence electrons. The molecule has 2 heterocycles. The van der Waals surface area contributed by atoms with Crippen LogP contribution in [0, 0.1) is 6.92 Å². The van der Waals surface area contributed by atoms with Crippen molar-refractivity contribution >= 4 is 24.2 Å². The molecule has 2 aliphatic rings. The van der Waals surface area contributed by atoms with E-state index in [2.05, 4.69) is 10.4 Å². The van der Waals surface area contributed by atoms with Crippen molar-refractivity contribution in [3.05, 3.63) is 84.4 Å². The predicted molar refractivity (Wildman–Crippen MR) is 155 cm³/mol. The molecule has 2 amide bonds. The SMILES string of the molecule is Cc1ccc(OC2CCCN(C(=O)C[N+]3=CC(NC(=O)CCOc4ccccc4-c4ccccc4)C=N3)C2)cc1. The molecule has 0 aliphatic carbocycles. The van der Waals surface area contributed by atoms with E-state index in [1.807, 2.05) is 90.7 Å². The topological polar surface area (TPSA) is 83.2 Å². The lowest BCUT2D eigenvalue weighted by Crippen LogP contribution is -2.46. The summed E-state index contributed by atoms with van der Waals surface area (Å²) in [4.78, 5) is 27.3. The van der Waals surface area contributed by atoms with Gasteiger partial charge in [0.2, 0.25) is 12.1 Å². The Balaban J connectivity index is 1.06. The largest absolute Gasteiger partial charge is 0.492 e. The minimum atomic E-state index is -0.365. The first-order valence-corrected chi connectivity index (χ1v) is 13.8. The first-order chi connectivity index (χ1) is 19.5. The molecule has 1 saturated heterocycles. The molecule has 2 unspecified atom stereocenters. The number of hydrogen-bond acceptors (Lipinski definition) is 5. The van der Waals surface area contributed by atoms with Gasteiger partial charge in [0.25, 0.3) is 12.5 Å². The van der Waals surface area contributed by atoms with Crippen molar-refractivity contribution in [2.75, 3.05) is 26.2 Å². The van der Waals surface area contributed by atoms with Gasteiger partial charge in [-0.25, -0.2) is 0 Å². The summed E-state index contributed by atoms with van der Waals surface area (Å²) in [6.07, 6.45) is 5.38. The van der Waals surface area contributed by atoms with Crippen molar-refractivity contribution in [2.45, 2.75) is 38.3 Å². The Kier molecular flexibility index (Phi) is 8.86. The fourth-order valence-corrected chi connectivity index (χ4v) is 4.86. The molecule has 0 aromatic heterocycles. The van der Waals surface area contributed by atoms with Crippen LogP contribution in [0.5, 0.6) is 11.5 Å². The van der Waals surface area contributed by atoms with Crippen LogP contribution in [-0.2, 0) is 9.59 Å². The quantitative estimate of drug-likeness (QED) is 0.394. The van der Waals surface area contributed by atoms with Gasteiger partial charge in [0, 0.05) is 12.1 Å². The smallest absolute Gasteiger partial charge is 0.291 e. The van der Waals surface area contributed by atoms with Gasteiger partial charge in [0.1, 0.15) is 23.8 Å². The molecular formula is C32H35N4O4+. The predicted octanol–water partition coefficient (Wildman–Crippen LogP) is 4.07. The summed E-state index contributed by atoms with van der Waals surface area (Å²) in [5.74, 6) is 1.41. The van der Waals surface area contributed by atoms with Crippen LogP contribution < -0.4 is 14.8 Å². The highest BCUT2D eigenvalue weighted by atomic mass is 16.5. The second-order valence-corrected chi connectivity index (χ2v) is 10.1. The van der Waals surface area contributed by atoms with Crippen LogP contribution in [0.15, 0.2) is 84.0 Å². The van der Waals surface area contributed by atoms with E-state index >= 15 is 0 Å². The average Bonchev–Trinajstić information content (AvgIpc) is 3.41. The van der Waals surface area contributed by atoms with Gasteiger partial charge in [-0.2, -0.15) is 0 Å². The van der Waals surface area contributed by atoms with Gasteiger partial charge < -0.3 is 19.7 Å². The van der Waals surface area contributed by atoms with Crippen molar-refractivity contribution in [3.8, 4) is 22.6 Å². The number of nitrogens with one attached hydrogen (secondary N) is 1. The van der Waals surface area contributed by atoms with Gasteiger partial charge in [-0.05, 0) is 48.6 Å². The summed E-state index contributed by atoms with van der Waals surface area (Å²) in [7, 11) is 0. The standard InChI is InChI=1S/C32H34N4O4/c1-24-13-15-27(16-14-24)40-28-10-7-18-35(22-28)32(38)23-36-21-26(20-33-36)34-31(37)17-19-39-30-12-6-5-11-29(30)25-8-3-2-4-9-25/h2-6,8-9,11-16,20-21,26,28H,7,10,17-19,22-23H2,1H3/p+1. The molecule has 0 saturated carbocycles. The van der Waals surface area contributed by atoms with Crippen molar-refractivity contribution < 1.29 is 23.7 Å². The molecule has 1 fully saturated rings. The summed E-state index contributed by atoms with van der Waals surface area (Å²) >= 11 is 0. The normalized spacial score (nSPS) is 18.2. The number of carbonyl (C=O) groups excluding carboxylic acids is 2. The molecule has 1 N–H and O–H groups in total. The Bertz CT molecular complexity index is 1370.